The second-order valence-electron chi connectivity index (χ2n) is 6.46. The zero-order chi connectivity index (χ0) is 16.6. The van der Waals surface area contributed by atoms with E-state index in [-0.39, 0.29) is 36.8 Å². The van der Waals surface area contributed by atoms with E-state index < -0.39 is 0 Å². The van der Waals surface area contributed by atoms with Crippen molar-refractivity contribution in [2.75, 3.05) is 13.1 Å². The molecular weight excluding hydrogens is 425 g/mol. The van der Waals surface area contributed by atoms with E-state index in [1.54, 1.807) is 0 Å². The molecular formula is C18H24BrCl2N3O. The molecule has 0 saturated carbocycles. The summed E-state index contributed by atoms with van der Waals surface area (Å²) in [6.07, 6.45) is 1.97. The maximum atomic E-state index is 13.0. The van der Waals surface area contributed by atoms with Gasteiger partial charge in [0, 0.05) is 34.7 Å². The number of likely N-dealkylation sites (tertiary alicyclic amines) is 1. The molecule has 1 aromatic carbocycles. The van der Waals surface area contributed by atoms with Gasteiger partial charge in [-0.05, 0) is 50.8 Å². The average molecular weight is 449 g/mol. The summed E-state index contributed by atoms with van der Waals surface area (Å²) in [5, 5.41) is 0.915. The summed E-state index contributed by atoms with van der Waals surface area (Å²) < 4.78 is 0.972. The lowest BCUT2D eigenvalue weighted by Gasteiger charge is -2.34. The lowest BCUT2D eigenvalue weighted by Crippen LogP contribution is -2.42. The van der Waals surface area contributed by atoms with Crippen LogP contribution >= 0.6 is 40.7 Å². The third-order valence-corrected chi connectivity index (χ3v) is 5.19. The molecule has 1 aromatic heterocycles. The number of piperidine rings is 1. The molecule has 1 saturated heterocycles. The Balaban J connectivity index is 0.00000156. The molecule has 2 N–H and O–H groups in total. The Morgan fingerprint density at radius 1 is 1.28 bits per heavy atom. The molecule has 1 fully saturated rings. The molecule has 1 aliphatic heterocycles. The van der Waals surface area contributed by atoms with Crippen LogP contribution < -0.4 is 5.73 Å². The molecule has 138 valence electrons. The van der Waals surface area contributed by atoms with Crippen molar-refractivity contribution in [3.8, 4) is 0 Å². The molecule has 7 heteroatoms. The number of fused-ring (bicyclic) bond motifs is 1. The Bertz CT molecular complexity index is 741. The maximum Gasteiger partial charge on any atom is 0.254 e. The maximum absolute atomic E-state index is 13.0. The highest BCUT2D eigenvalue weighted by Crippen LogP contribution is 2.26. The molecule has 0 spiro atoms. The largest absolute Gasteiger partial charge is 0.339 e. The average Bonchev–Trinajstić information content (AvgIpc) is 2.53. The Labute approximate surface area is 169 Å². The van der Waals surface area contributed by atoms with Gasteiger partial charge in [-0.2, -0.15) is 0 Å². The number of hydrogen-bond acceptors (Lipinski definition) is 3. The number of rotatable bonds is 2. The number of carbonyl (C=O) groups is 1. The van der Waals surface area contributed by atoms with Gasteiger partial charge in [0.1, 0.15) is 0 Å². The van der Waals surface area contributed by atoms with E-state index in [9.17, 15) is 4.79 Å². The van der Waals surface area contributed by atoms with Crippen molar-refractivity contribution in [3.05, 3.63) is 40.0 Å². The lowest BCUT2D eigenvalue weighted by atomic mass is 9.90. The number of halogens is 3. The van der Waals surface area contributed by atoms with Gasteiger partial charge in [-0.3, -0.25) is 9.78 Å². The smallest absolute Gasteiger partial charge is 0.254 e. The molecule has 1 amide bonds. The van der Waals surface area contributed by atoms with Gasteiger partial charge >= 0.3 is 0 Å². The van der Waals surface area contributed by atoms with Gasteiger partial charge in [0.2, 0.25) is 0 Å². The number of carbonyl (C=O) groups excluding carboxylic acids is 1. The number of nitrogens with zero attached hydrogens (tertiary/aromatic N) is 2. The topological polar surface area (TPSA) is 59.2 Å². The van der Waals surface area contributed by atoms with E-state index >= 15 is 0 Å². The van der Waals surface area contributed by atoms with E-state index in [1.165, 1.54) is 0 Å². The van der Waals surface area contributed by atoms with E-state index in [0.29, 0.717) is 5.92 Å². The molecule has 1 unspecified atom stereocenters. The van der Waals surface area contributed by atoms with Crippen molar-refractivity contribution in [1.29, 1.82) is 0 Å². The highest BCUT2D eigenvalue weighted by atomic mass is 79.9. The van der Waals surface area contributed by atoms with Crippen molar-refractivity contribution < 1.29 is 4.79 Å². The molecule has 2 aromatic rings. The first-order valence-corrected chi connectivity index (χ1v) is 8.87. The van der Waals surface area contributed by atoms with Crippen molar-refractivity contribution >= 4 is 57.6 Å². The van der Waals surface area contributed by atoms with Crippen molar-refractivity contribution in [2.45, 2.75) is 32.7 Å². The quantitative estimate of drug-likeness (QED) is 0.742. The van der Waals surface area contributed by atoms with Gasteiger partial charge in [-0.1, -0.05) is 22.0 Å². The van der Waals surface area contributed by atoms with Gasteiger partial charge in [-0.15, -0.1) is 24.8 Å². The summed E-state index contributed by atoms with van der Waals surface area (Å²) in [5.41, 5.74) is 8.46. The molecule has 1 aliphatic rings. The van der Waals surface area contributed by atoms with Gasteiger partial charge in [0.15, 0.2) is 0 Å². The molecule has 2 heterocycles. The van der Waals surface area contributed by atoms with E-state index in [4.69, 9.17) is 5.73 Å². The number of aryl methyl sites for hydroxylation is 1. The number of pyridine rings is 1. The zero-order valence-corrected chi connectivity index (χ0v) is 17.6. The lowest BCUT2D eigenvalue weighted by molar-refractivity contribution is 0.0683. The van der Waals surface area contributed by atoms with Crippen molar-refractivity contribution in [3.63, 3.8) is 0 Å². The van der Waals surface area contributed by atoms with Crippen LogP contribution in [0, 0.1) is 12.8 Å². The van der Waals surface area contributed by atoms with Crippen LogP contribution in [-0.2, 0) is 0 Å². The van der Waals surface area contributed by atoms with Gasteiger partial charge in [0.05, 0.1) is 11.1 Å². The second kappa shape index (κ2) is 9.17. The van der Waals surface area contributed by atoms with Gasteiger partial charge in [-0.25, -0.2) is 0 Å². The van der Waals surface area contributed by atoms with Crippen LogP contribution in [0.15, 0.2) is 28.7 Å². The normalized spacial score (nSPS) is 16.1. The van der Waals surface area contributed by atoms with Crippen LogP contribution in [0.3, 0.4) is 0 Å². The Hall–Kier alpha value is -0.880. The summed E-state index contributed by atoms with van der Waals surface area (Å²) in [7, 11) is 0. The zero-order valence-electron chi connectivity index (χ0n) is 14.4. The second-order valence-corrected chi connectivity index (χ2v) is 7.38. The van der Waals surface area contributed by atoms with E-state index in [2.05, 4.69) is 27.8 Å². The number of aromatic nitrogens is 1. The van der Waals surface area contributed by atoms with Crippen molar-refractivity contribution in [1.82, 2.24) is 9.88 Å². The molecule has 0 aliphatic carbocycles. The Morgan fingerprint density at radius 2 is 1.92 bits per heavy atom. The van der Waals surface area contributed by atoms with Crippen LogP contribution in [0.1, 0.15) is 35.8 Å². The van der Waals surface area contributed by atoms with Gasteiger partial charge < -0.3 is 10.6 Å². The van der Waals surface area contributed by atoms with Crippen LogP contribution in [0.4, 0.5) is 0 Å². The number of amides is 1. The highest BCUT2D eigenvalue weighted by molar-refractivity contribution is 9.10. The fourth-order valence-electron chi connectivity index (χ4n) is 3.31. The predicted octanol–water partition coefficient (Wildman–Crippen LogP) is 4.35. The first-order valence-electron chi connectivity index (χ1n) is 8.07. The van der Waals surface area contributed by atoms with Crippen LogP contribution in [-0.4, -0.2) is 34.9 Å². The molecule has 25 heavy (non-hydrogen) atoms. The minimum Gasteiger partial charge on any atom is -0.339 e. The van der Waals surface area contributed by atoms with Crippen LogP contribution in [0.2, 0.25) is 0 Å². The summed E-state index contributed by atoms with van der Waals surface area (Å²) in [6.45, 7) is 5.55. The first-order chi connectivity index (χ1) is 11.0. The fourth-order valence-corrected chi connectivity index (χ4v) is 3.66. The van der Waals surface area contributed by atoms with Crippen molar-refractivity contribution in [2.24, 2.45) is 11.7 Å². The summed E-state index contributed by atoms with van der Waals surface area (Å²) in [4.78, 5) is 19.5. The fraction of sp³-hybridized carbons (Fsp3) is 0.444. The van der Waals surface area contributed by atoms with E-state index in [0.717, 1.165) is 52.6 Å². The van der Waals surface area contributed by atoms with E-state index in [1.807, 2.05) is 36.1 Å². The molecule has 4 nitrogen and oxygen atoms in total. The molecule has 1 atom stereocenters. The Kier molecular flexibility index (Phi) is 8.13. The SMILES string of the molecule is Cc1cc(C(=O)N2CCC(C(C)N)CC2)c2ccc(Br)cc2n1.Cl.Cl. The third kappa shape index (κ3) is 4.85. The highest BCUT2D eigenvalue weighted by Gasteiger charge is 2.26. The summed E-state index contributed by atoms with van der Waals surface area (Å²) in [6, 6.07) is 7.98. The van der Waals surface area contributed by atoms with Crippen LogP contribution in [0.25, 0.3) is 10.9 Å². The molecule has 0 radical (unpaired) electrons. The third-order valence-electron chi connectivity index (χ3n) is 4.70. The van der Waals surface area contributed by atoms with Gasteiger partial charge in [0.25, 0.3) is 5.91 Å². The minimum absolute atomic E-state index is 0. The molecule has 0 bridgehead atoms. The number of nitrogens with two attached hydrogens (primary N) is 1. The van der Waals surface area contributed by atoms with Crippen LogP contribution in [0.5, 0.6) is 0 Å². The predicted molar refractivity (Wildman–Crippen MR) is 111 cm³/mol. The summed E-state index contributed by atoms with van der Waals surface area (Å²) in [5.74, 6) is 0.622. The Morgan fingerprint density at radius 3 is 2.52 bits per heavy atom. The molecule has 3 rings (SSSR count). The number of hydrogen-bond donors (Lipinski definition) is 1. The number of benzene rings is 1. The standard InChI is InChI=1S/C18H22BrN3O.2ClH/c1-11-9-16(15-4-3-14(19)10-17(15)21-11)18(23)22-7-5-13(6-8-22)12(2)20;;/h3-4,9-10,12-13H,5-8,20H2,1-2H3;2*1H. The minimum atomic E-state index is 0. The monoisotopic (exact) mass is 447 g/mol. The summed E-state index contributed by atoms with van der Waals surface area (Å²) >= 11 is 3.47. The first kappa shape index (κ1) is 22.2.